The Bertz CT molecular complexity index is 467. The normalized spacial score (nSPS) is 22.1. The van der Waals surface area contributed by atoms with Crippen LogP contribution in [0.5, 0.6) is 0 Å². The maximum Gasteiger partial charge on any atom is 0.0670 e. The SMILES string of the molecule is N#CCc1cc(NCC2CCCC2CO)ccc1N. The maximum atomic E-state index is 9.30. The molecule has 4 heteroatoms. The quantitative estimate of drug-likeness (QED) is 0.708. The van der Waals surface area contributed by atoms with Gasteiger partial charge in [0.15, 0.2) is 0 Å². The Balaban J connectivity index is 1.96. The molecule has 1 aliphatic carbocycles. The molecule has 0 aromatic heterocycles. The highest BCUT2D eigenvalue weighted by molar-refractivity contribution is 5.58. The van der Waals surface area contributed by atoms with Gasteiger partial charge in [-0.2, -0.15) is 5.26 Å². The Morgan fingerprint density at radius 1 is 1.37 bits per heavy atom. The third-order valence-electron chi connectivity index (χ3n) is 4.03. The highest BCUT2D eigenvalue weighted by Gasteiger charge is 2.26. The van der Waals surface area contributed by atoms with Crippen LogP contribution in [0.25, 0.3) is 0 Å². The summed E-state index contributed by atoms with van der Waals surface area (Å²) in [7, 11) is 0. The summed E-state index contributed by atoms with van der Waals surface area (Å²) in [6.07, 6.45) is 3.85. The van der Waals surface area contributed by atoms with Crippen LogP contribution in [0.15, 0.2) is 18.2 Å². The number of aliphatic hydroxyl groups excluding tert-OH is 1. The molecule has 1 saturated carbocycles. The van der Waals surface area contributed by atoms with Gasteiger partial charge in [0.25, 0.3) is 0 Å². The molecule has 0 spiro atoms. The van der Waals surface area contributed by atoms with Gasteiger partial charge in [0.2, 0.25) is 0 Å². The number of nitrogens with zero attached hydrogens (tertiary/aromatic N) is 1. The fraction of sp³-hybridized carbons (Fsp3) is 0.533. The van der Waals surface area contributed by atoms with Gasteiger partial charge in [-0.15, -0.1) is 0 Å². The molecule has 1 aromatic rings. The topological polar surface area (TPSA) is 82.1 Å². The molecule has 0 saturated heterocycles. The Labute approximate surface area is 114 Å². The van der Waals surface area contributed by atoms with Crippen LogP contribution < -0.4 is 11.1 Å². The minimum Gasteiger partial charge on any atom is -0.398 e. The van der Waals surface area contributed by atoms with E-state index in [0.29, 0.717) is 23.9 Å². The summed E-state index contributed by atoms with van der Waals surface area (Å²) in [6.45, 7) is 1.16. The molecule has 2 unspecified atom stereocenters. The summed E-state index contributed by atoms with van der Waals surface area (Å²) < 4.78 is 0. The van der Waals surface area contributed by atoms with E-state index in [0.717, 1.165) is 24.2 Å². The van der Waals surface area contributed by atoms with E-state index in [9.17, 15) is 5.11 Å². The number of aliphatic hydroxyl groups is 1. The minimum atomic E-state index is 0.285. The molecule has 1 aromatic carbocycles. The fourth-order valence-electron chi connectivity index (χ4n) is 2.83. The molecule has 2 atom stereocenters. The molecule has 0 amide bonds. The van der Waals surface area contributed by atoms with Gasteiger partial charge >= 0.3 is 0 Å². The predicted molar refractivity (Wildman–Crippen MR) is 76.6 cm³/mol. The van der Waals surface area contributed by atoms with E-state index in [1.807, 2.05) is 18.2 Å². The van der Waals surface area contributed by atoms with Crippen LogP contribution in [0.2, 0.25) is 0 Å². The van der Waals surface area contributed by atoms with Crippen LogP contribution >= 0.6 is 0 Å². The second kappa shape index (κ2) is 6.44. The average Bonchev–Trinajstić information content (AvgIpc) is 2.87. The molecule has 4 N–H and O–H groups in total. The lowest BCUT2D eigenvalue weighted by molar-refractivity contribution is 0.199. The van der Waals surface area contributed by atoms with Gasteiger partial charge in [-0.1, -0.05) is 6.42 Å². The second-order valence-corrected chi connectivity index (χ2v) is 5.26. The fourth-order valence-corrected chi connectivity index (χ4v) is 2.83. The van der Waals surface area contributed by atoms with Crippen LogP contribution in [0.4, 0.5) is 11.4 Å². The first kappa shape index (κ1) is 13.7. The Morgan fingerprint density at radius 3 is 2.89 bits per heavy atom. The first-order valence-corrected chi connectivity index (χ1v) is 6.84. The van der Waals surface area contributed by atoms with Crippen molar-refractivity contribution >= 4 is 11.4 Å². The van der Waals surface area contributed by atoms with Crippen LogP contribution in [-0.4, -0.2) is 18.3 Å². The molecule has 1 fully saturated rings. The van der Waals surface area contributed by atoms with Crippen molar-refractivity contribution in [2.24, 2.45) is 11.8 Å². The minimum absolute atomic E-state index is 0.285. The van der Waals surface area contributed by atoms with E-state index in [1.54, 1.807) is 0 Å². The summed E-state index contributed by atoms with van der Waals surface area (Å²) in [5.74, 6) is 0.974. The number of anilines is 2. The number of rotatable bonds is 5. The lowest BCUT2D eigenvalue weighted by Crippen LogP contribution is -2.20. The van der Waals surface area contributed by atoms with Crippen molar-refractivity contribution in [1.82, 2.24) is 0 Å². The third kappa shape index (κ3) is 3.39. The van der Waals surface area contributed by atoms with Crippen molar-refractivity contribution in [2.75, 3.05) is 24.2 Å². The number of hydrogen-bond donors (Lipinski definition) is 3. The number of nitrogen functional groups attached to an aromatic ring is 1. The smallest absolute Gasteiger partial charge is 0.0670 e. The summed E-state index contributed by atoms with van der Waals surface area (Å²) in [5.41, 5.74) is 8.37. The van der Waals surface area contributed by atoms with Crippen molar-refractivity contribution in [3.63, 3.8) is 0 Å². The van der Waals surface area contributed by atoms with Crippen molar-refractivity contribution < 1.29 is 5.11 Å². The summed E-state index contributed by atoms with van der Waals surface area (Å²) >= 11 is 0. The summed E-state index contributed by atoms with van der Waals surface area (Å²) in [6, 6.07) is 7.85. The molecule has 19 heavy (non-hydrogen) atoms. The molecule has 4 nitrogen and oxygen atoms in total. The van der Waals surface area contributed by atoms with Crippen molar-refractivity contribution in [1.29, 1.82) is 5.26 Å². The van der Waals surface area contributed by atoms with Crippen LogP contribution in [0.3, 0.4) is 0 Å². The van der Waals surface area contributed by atoms with E-state index in [4.69, 9.17) is 11.0 Å². The second-order valence-electron chi connectivity index (χ2n) is 5.26. The lowest BCUT2D eigenvalue weighted by Gasteiger charge is -2.19. The molecule has 0 radical (unpaired) electrons. The molecular formula is C15H21N3O. The van der Waals surface area contributed by atoms with E-state index in [1.165, 1.54) is 12.8 Å². The molecular weight excluding hydrogens is 238 g/mol. The van der Waals surface area contributed by atoms with E-state index in [2.05, 4.69) is 11.4 Å². The highest BCUT2D eigenvalue weighted by Crippen LogP contribution is 2.31. The van der Waals surface area contributed by atoms with Crippen LogP contribution in [-0.2, 0) is 6.42 Å². The van der Waals surface area contributed by atoms with E-state index >= 15 is 0 Å². The predicted octanol–water partition coefficient (Wildman–Crippen LogP) is 2.16. The summed E-state index contributed by atoms with van der Waals surface area (Å²) in [4.78, 5) is 0. The van der Waals surface area contributed by atoms with Gasteiger partial charge in [0, 0.05) is 24.5 Å². The van der Waals surface area contributed by atoms with E-state index < -0.39 is 0 Å². The first-order valence-electron chi connectivity index (χ1n) is 6.84. The molecule has 0 aliphatic heterocycles. The molecule has 0 bridgehead atoms. The zero-order valence-electron chi connectivity index (χ0n) is 11.1. The Morgan fingerprint density at radius 2 is 2.16 bits per heavy atom. The van der Waals surface area contributed by atoms with Gasteiger partial charge < -0.3 is 16.2 Å². The standard InChI is InChI=1S/C15H21N3O/c16-7-6-11-8-14(4-5-15(11)17)18-9-12-2-1-3-13(12)10-19/h4-5,8,12-13,18-19H,1-3,6,9-10,17H2. The molecule has 0 heterocycles. The van der Waals surface area contributed by atoms with Crippen LogP contribution in [0.1, 0.15) is 24.8 Å². The number of nitrogens with two attached hydrogens (primary N) is 1. The van der Waals surface area contributed by atoms with E-state index in [-0.39, 0.29) is 6.61 Å². The monoisotopic (exact) mass is 259 g/mol. The molecule has 102 valence electrons. The van der Waals surface area contributed by atoms with Gasteiger partial charge in [0.1, 0.15) is 0 Å². The third-order valence-corrected chi connectivity index (χ3v) is 4.03. The lowest BCUT2D eigenvalue weighted by atomic mass is 9.97. The van der Waals surface area contributed by atoms with Crippen molar-refractivity contribution in [3.05, 3.63) is 23.8 Å². The van der Waals surface area contributed by atoms with Gasteiger partial charge in [-0.25, -0.2) is 0 Å². The largest absolute Gasteiger partial charge is 0.398 e. The number of benzene rings is 1. The molecule has 1 aliphatic rings. The zero-order chi connectivity index (χ0) is 13.7. The maximum absolute atomic E-state index is 9.30. The van der Waals surface area contributed by atoms with Crippen molar-refractivity contribution in [3.8, 4) is 6.07 Å². The Hall–Kier alpha value is -1.73. The van der Waals surface area contributed by atoms with Gasteiger partial charge in [-0.3, -0.25) is 0 Å². The van der Waals surface area contributed by atoms with Gasteiger partial charge in [0.05, 0.1) is 12.5 Å². The van der Waals surface area contributed by atoms with Gasteiger partial charge in [-0.05, 0) is 48.4 Å². The summed E-state index contributed by atoms with van der Waals surface area (Å²) in [5, 5.41) is 21.5. The molecule has 2 rings (SSSR count). The number of nitrogens with one attached hydrogen (secondary N) is 1. The highest BCUT2D eigenvalue weighted by atomic mass is 16.3. The zero-order valence-corrected chi connectivity index (χ0v) is 11.1. The average molecular weight is 259 g/mol. The van der Waals surface area contributed by atoms with Crippen LogP contribution in [0, 0.1) is 23.2 Å². The Kier molecular flexibility index (Phi) is 4.64. The number of nitriles is 1. The number of hydrogen-bond acceptors (Lipinski definition) is 4. The first-order chi connectivity index (χ1) is 9.24. The van der Waals surface area contributed by atoms with Crippen molar-refractivity contribution in [2.45, 2.75) is 25.7 Å².